The largest absolute Gasteiger partial charge is 0.389 e. The van der Waals surface area contributed by atoms with Crippen LogP contribution in [0.4, 0.5) is 0 Å². The van der Waals surface area contributed by atoms with Crippen LogP contribution in [0.25, 0.3) is 0 Å². The van der Waals surface area contributed by atoms with E-state index in [1.807, 2.05) is 0 Å². The first-order valence-corrected chi connectivity index (χ1v) is 1.83. The van der Waals surface area contributed by atoms with E-state index >= 15 is 0 Å². The van der Waals surface area contributed by atoms with E-state index in [-0.39, 0.29) is 5.03 Å². The standard InChI is InChI=1S/C2H4N2O2S/c3-2(7)1-4(5)6/h1,7H,3H2/b2-1-/i/hD. The number of hydrogen-bond acceptors (Lipinski definition) is 4. The minimum Gasteiger partial charge on any atom is -0.389 e. The van der Waals surface area contributed by atoms with E-state index in [0.29, 0.717) is 6.20 Å². The van der Waals surface area contributed by atoms with Crippen molar-refractivity contribution in [1.29, 1.82) is 0 Å². The minimum absolute atomic E-state index is 0.0880. The predicted molar refractivity (Wildman–Crippen MR) is 28.3 cm³/mol. The summed E-state index contributed by atoms with van der Waals surface area (Å²) in [6.07, 6.45) is 0.593. The summed E-state index contributed by atoms with van der Waals surface area (Å²) in [4.78, 5) is 8.83. The molecular weight excluding hydrogens is 116 g/mol. The molecule has 0 unspecified atom stereocenters. The topological polar surface area (TPSA) is 69.2 Å². The van der Waals surface area contributed by atoms with E-state index in [4.69, 9.17) is 1.41 Å². The number of thiol groups is 1. The van der Waals surface area contributed by atoms with Gasteiger partial charge in [0.2, 0.25) is 0 Å². The Morgan fingerprint density at radius 3 is 3.00 bits per heavy atom. The molecule has 0 rings (SSSR count). The fourth-order valence-corrected chi connectivity index (χ4v) is 0.194. The Kier molecular flexibility index (Phi) is 1.56. The first kappa shape index (κ1) is 4.45. The van der Waals surface area contributed by atoms with Crippen molar-refractivity contribution in [3.8, 4) is 0 Å². The highest BCUT2D eigenvalue weighted by molar-refractivity contribution is 7.84. The van der Waals surface area contributed by atoms with Gasteiger partial charge in [0, 0.05) is 0 Å². The molecule has 0 aliphatic carbocycles. The molecule has 0 saturated carbocycles. The van der Waals surface area contributed by atoms with Gasteiger partial charge in [0.15, 0.2) is 1.41 Å². The van der Waals surface area contributed by atoms with Gasteiger partial charge in [-0.3, -0.25) is 10.1 Å². The third kappa shape index (κ3) is 5.29. The van der Waals surface area contributed by atoms with Gasteiger partial charge in [-0.25, -0.2) is 0 Å². The lowest BCUT2D eigenvalue weighted by atomic mass is 10.9. The molecule has 5 heteroatoms. The van der Waals surface area contributed by atoms with Crippen molar-refractivity contribution < 1.29 is 6.34 Å². The molecule has 0 aliphatic rings. The van der Waals surface area contributed by atoms with Crippen molar-refractivity contribution >= 4 is 12.6 Å². The lowest BCUT2D eigenvalue weighted by Crippen LogP contribution is -1.92. The van der Waals surface area contributed by atoms with Crippen molar-refractivity contribution in [1.82, 2.24) is 0 Å². The fraction of sp³-hybridized carbons (Fsp3) is 0. The van der Waals surface area contributed by atoms with Crippen molar-refractivity contribution in [2.75, 3.05) is 0 Å². The monoisotopic (exact) mass is 121 g/mol. The third-order valence-corrected chi connectivity index (χ3v) is 0.343. The van der Waals surface area contributed by atoms with E-state index in [1.165, 1.54) is 0 Å². The molecule has 7 heavy (non-hydrogen) atoms. The Morgan fingerprint density at radius 1 is 2.29 bits per heavy atom. The molecule has 0 radical (unpaired) electrons. The maximum absolute atomic E-state index is 9.53. The average Bonchev–Trinajstić information content (AvgIpc) is 1.65. The van der Waals surface area contributed by atoms with Gasteiger partial charge in [-0.05, 0) is 0 Å². The molecule has 0 saturated heterocycles. The number of nitrogens with zero attached hydrogens (tertiary/aromatic N) is 1. The van der Waals surface area contributed by atoms with Gasteiger partial charge >= 0.3 is 0 Å². The molecule has 0 spiro atoms. The molecule has 0 atom stereocenters. The SMILES string of the molecule is [2H]N/C(S)=C/[N+](=O)[O-]. The zero-order valence-corrected chi connectivity index (χ0v) is 4.18. The molecule has 0 heterocycles. The predicted octanol–water partition coefficient (Wildman–Crippen LogP) is -0.0495. The van der Waals surface area contributed by atoms with E-state index in [1.54, 1.807) is 5.73 Å². The second-order valence-corrected chi connectivity index (χ2v) is 1.28. The lowest BCUT2D eigenvalue weighted by Gasteiger charge is -1.77. The Hall–Kier alpha value is -0.710. The number of hydrogen-bond donors (Lipinski definition) is 2. The molecule has 40 valence electrons. The maximum Gasteiger partial charge on any atom is 0.263 e. The molecule has 0 aromatic carbocycles. The van der Waals surface area contributed by atoms with Crippen LogP contribution >= 0.6 is 12.6 Å². The van der Waals surface area contributed by atoms with E-state index in [0.717, 1.165) is 0 Å². The van der Waals surface area contributed by atoms with Crippen LogP contribution < -0.4 is 5.73 Å². The summed E-state index contributed by atoms with van der Waals surface area (Å²) in [6, 6.07) is 0. The summed E-state index contributed by atoms with van der Waals surface area (Å²) in [5.41, 5.74) is 1.73. The first-order chi connectivity index (χ1) is 3.66. The molecular formula is C2H4N2O2S. The summed E-state index contributed by atoms with van der Waals surface area (Å²) in [5, 5.41) is 9.44. The molecule has 0 aliphatic heterocycles. The Morgan fingerprint density at radius 2 is 2.86 bits per heavy atom. The Bertz CT molecular complexity index is 125. The molecule has 0 aromatic rings. The minimum atomic E-state index is -0.691. The van der Waals surface area contributed by atoms with Crippen LogP contribution in [0.3, 0.4) is 0 Å². The first-order valence-electron chi connectivity index (χ1n) is 1.89. The van der Waals surface area contributed by atoms with Crippen molar-refractivity contribution in [3.63, 3.8) is 0 Å². The van der Waals surface area contributed by atoms with Crippen LogP contribution in [0.2, 0.25) is 1.41 Å². The number of nitrogens with two attached hydrogens (primary N) is 1. The van der Waals surface area contributed by atoms with Gasteiger partial charge in [-0.1, -0.05) is 0 Å². The van der Waals surface area contributed by atoms with Gasteiger partial charge in [-0.15, -0.1) is 12.6 Å². The van der Waals surface area contributed by atoms with Gasteiger partial charge in [0.1, 0.15) is 5.03 Å². The molecule has 0 bridgehead atoms. The van der Waals surface area contributed by atoms with Gasteiger partial charge in [0.05, 0.1) is 4.92 Å². The van der Waals surface area contributed by atoms with Gasteiger partial charge in [-0.2, -0.15) is 0 Å². The molecule has 0 amide bonds. The van der Waals surface area contributed by atoms with E-state index in [9.17, 15) is 10.1 Å². The molecule has 4 nitrogen and oxygen atoms in total. The molecule has 2 N–H and O–H groups in total. The second kappa shape index (κ2) is 2.46. The normalized spacial score (nSPS) is 12.7. The smallest absolute Gasteiger partial charge is 0.263 e. The third-order valence-electron chi connectivity index (χ3n) is 0.228. The zero-order valence-electron chi connectivity index (χ0n) is 4.29. The van der Waals surface area contributed by atoms with Crippen LogP contribution in [0, 0.1) is 10.1 Å². The van der Waals surface area contributed by atoms with Gasteiger partial charge in [0.25, 0.3) is 6.20 Å². The van der Waals surface area contributed by atoms with E-state index in [2.05, 4.69) is 12.6 Å². The second-order valence-electron chi connectivity index (χ2n) is 0.800. The maximum atomic E-state index is 9.53. The fourth-order valence-electron chi connectivity index (χ4n) is 0.0998. The summed E-state index contributed by atoms with van der Waals surface area (Å²) in [5.74, 6) is 0. The molecule has 0 aromatic heterocycles. The van der Waals surface area contributed by atoms with E-state index < -0.39 is 4.92 Å². The highest BCUT2D eigenvalue weighted by Gasteiger charge is 1.85. The number of rotatable bonds is 2. The van der Waals surface area contributed by atoms with Gasteiger partial charge < -0.3 is 5.73 Å². The molecule has 0 fully saturated rings. The van der Waals surface area contributed by atoms with Crippen molar-refractivity contribution in [3.05, 3.63) is 21.3 Å². The highest BCUT2D eigenvalue weighted by atomic mass is 32.1. The summed E-state index contributed by atoms with van der Waals surface area (Å²) >= 11 is 3.49. The summed E-state index contributed by atoms with van der Waals surface area (Å²) < 4.78 is 6.30. The Balaban J connectivity index is 3.75. The number of nitro groups is 1. The lowest BCUT2D eigenvalue weighted by molar-refractivity contribution is -0.402. The van der Waals surface area contributed by atoms with Crippen LogP contribution in [0.5, 0.6) is 0 Å². The zero-order chi connectivity index (χ0) is 6.57. The Labute approximate surface area is 47.0 Å². The van der Waals surface area contributed by atoms with Crippen LogP contribution in [0.15, 0.2) is 11.2 Å². The highest BCUT2D eigenvalue weighted by Crippen LogP contribution is 1.85. The average molecular weight is 121 g/mol. The summed E-state index contributed by atoms with van der Waals surface area (Å²) in [7, 11) is 0. The van der Waals surface area contributed by atoms with Crippen molar-refractivity contribution in [2.45, 2.75) is 0 Å². The van der Waals surface area contributed by atoms with Crippen molar-refractivity contribution in [2.24, 2.45) is 5.73 Å². The van der Waals surface area contributed by atoms with Crippen LogP contribution in [-0.2, 0) is 0 Å². The van der Waals surface area contributed by atoms with Crippen LogP contribution in [-0.4, -0.2) is 4.92 Å². The summed E-state index contributed by atoms with van der Waals surface area (Å²) in [6.45, 7) is 0. The quantitative estimate of drug-likeness (QED) is 0.306. The van der Waals surface area contributed by atoms with Crippen LogP contribution in [0.1, 0.15) is 0 Å².